The van der Waals surface area contributed by atoms with E-state index in [4.69, 9.17) is 0 Å². The number of carboxylic acids is 1. The van der Waals surface area contributed by atoms with Gasteiger partial charge in [0.15, 0.2) is 5.82 Å². The number of rotatable bonds is 4. The van der Waals surface area contributed by atoms with Crippen LogP contribution in [0, 0.1) is 5.92 Å². The zero-order chi connectivity index (χ0) is 14.7. The molecule has 2 fully saturated rings. The molecule has 1 aromatic rings. The Morgan fingerprint density at radius 1 is 1.29 bits per heavy atom. The summed E-state index contributed by atoms with van der Waals surface area (Å²) in [5, 5.41) is 12.7. The highest BCUT2D eigenvalue weighted by Crippen LogP contribution is 2.31. The standard InChI is InChI=1S/C16H23N3O2/c20-16(21)12-5-3-6-13(11-12)18-14-7-4-8-17-15(14)19-9-1-2-10-19/h4,7-8,12-13,18H,1-3,5-6,9-11H2,(H,20,21). The summed E-state index contributed by atoms with van der Waals surface area (Å²) in [7, 11) is 0. The molecule has 1 saturated carbocycles. The van der Waals surface area contributed by atoms with E-state index in [0.29, 0.717) is 6.42 Å². The number of nitrogens with one attached hydrogen (secondary N) is 1. The van der Waals surface area contributed by atoms with Crippen LogP contribution in [0.25, 0.3) is 0 Å². The SMILES string of the molecule is O=C(O)C1CCCC(Nc2cccnc2N2CCCC2)C1. The summed E-state index contributed by atoms with van der Waals surface area (Å²) >= 11 is 0. The minimum absolute atomic E-state index is 0.205. The lowest BCUT2D eigenvalue weighted by molar-refractivity contribution is -0.142. The fourth-order valence-electron chi connectivity index (χ4n) is 3.46. The summed E-state index contributed by atoms with van der Waals surface area (Å²) in [6.45, 7) is 2.13. The van der Waals surface area contributed by atoms with Crippen molar-refractivity contribution >= 4 is 17.5 Å². The molecule has 5 nitrogen and oxygen atoms in total. The van der Waals surface area contributed by atoms with E-state index in [9.17, 15) is 9.90 Å². The Kier molecular flexibility index (Phi) is 4.27. The van der Waals surface area contributed by atoms with E-state index >= 15 is 0 Å². The monoisotopic (exact) mass is 289 g/mol. The Hall–Kier alpha value is -1.78. The maximum absolute atomic E-state index is 11.2. The van der Waals surface area contributed by atoms with Gasteiger partial charge < -0.3 is 15.3 Å². The van der Waals surface area contributed by atoms with Crippen molar-refractivity contribution in [3.8, 4) is 0 Å². The van der Waals surface area contributed by atoms with Gasteiger partial charge in [0.05, 0.1) is 11.6 Å². The lowest BCUT2D eigenvalue weighted by Crippen LogP contribution is -2.32. The smallest absolute Gasteiger partial charge is 0.306 e. The Morgan fingerprint density at radius 2 is 2.10 bits per heavy atom. The van der Waals surface area contributed by atoms with Crippen LogP contribution in [-0.4, -0.2) is 35.2 Å². The maximum Gasteiger partial charge on any atom is 0.306 e. The topological polar surface area (TPSA) is 65.5 Å². The Labute approximate surface area is 125 Å². The van der Waals surface area contributed by atoms with E-state index in [2.05, 4.69) is 21.3 Å². The van der Waals surface area contributed by atoms with Crippen LogP contribution in [0.5, 0.6) is 0 Å². The minimum atomic E-state index is -0.660. The van der Waals surface area contributed by atoms with Crippen LogP contribution in [0.4, 0.5) is 11.5 Å². The molecule has 0 radical (unpaired) electrons. The van der Waals surface area contributed by atoms with Crippen molar-refractivity contribution in [1.29, 1.82) is 0 Å². The molecule has 0 amide bonds. The summed E-state index contributed by atoms with van der Waals surface area (Å²) in [4.78, 5) is 18.0. The average Bonchev–Trinajstić information content (AvgIpc) is 3.02. The molecular weight excluding hydrogens is 266 g/mol. The molecule has 1 saturated heterocycles. The Bertz CT molecular complexity index is 500. The molecule has 1 aliphatic carbocycles. The molecule has 2 unspecified atom stereocenters. The number of aliphatic carboxylic acids is 1. The number of carbonyl (C=O) groups is 1. The third kappa shape index (κ3) is 3.28. The fraction of sp³-hybridized carbons (Fsp3) is 0.625. The number of nitrogens with zero attached hydrogens (tertiary/aromatic N) is 2. The quantitative estimate of drug-likeness (QED) is 0.892. The fourth-order valence-corrected chi connectivity index (χ4v) is 3.46. The van der Waals surface area contributed by atoms with Gasteiger partial charge in [-0.05, 0) is 44.2 Å². The van der Waals surface area contributed by atoms with Crippen LogP contribution in [0.2, 0.25) is 0 Å². The minimum Gasteiger partial charge on any atom is -0.481 e. The highest BCUT2D eigenvalue weighted by atomic mass is 16.4. The molecule has 5 heteroatoms. The number of carboxylic acid groups (broad SMARTS) is 1. The summed E-state index contributed by atoms with van der Waals surface area (Å²) in [5.41, 5.74) is 1.05. The van der Waals surface area contributed by atoms with Gasteiger partial charge in [0.1, 0.15) is 0 Å². The van der Waals surface area contributed by atoms with Gasteiger partial charge in [0, 0.05) is 25.3 Å². The number of pyridine rings is 1. The lowest BCUT2D eigenvalue weighted by Gasteiger charge is -2.30. The molecule has 2 heterocycles. The van der Waals surface area contributed by atoms with E-state index in [1.54, 1.807) is 0 Å². The molecule has 2 atom stereocenters. The van der Waals surface area contributed by atoms with Gasteiger partial charge in [0.2, 0.25) is 0 Å². The summed E-state index contributed by atoms with van der Waals surface area (Å²) < 4.78 is 0. The van der Waals surface area contributed by atoms with Crippen LogP contribution in [0.3, 0.4) is 0 Å². The average molecular weight is 289 g/mol. The van der Waals surface area contributed by atoms with Crippen LogP contribution in [0.15, 0.2) is 18.3 Å². The Balaban J connectivity index is 1.71. The normalized spacial score (nSPS) is 25.8. The van der Waals surface area contributed by atoms with Crippen molar-refractivity contribution in [2.45, 2.75) is 44.6 Å². The van der Waals surface area contributed by atoms with E-state index in [1.165, 1.54) is 12.8 Å². The van der Waals surface area contributed by atoms with Gasteiger partial charge in [-0.15, -0.1) is 0 Å². The maximum atomic E-state index is 11.2. The molecule has 3 rings (SSSR count). The molecule has 114 valence electrons. The van der Waals surface area contributed by atoms with Crippen LogP contribution in [0.1, 0.15) is 38.5 Å². The van der Waals surface area contributed by atoms with Gasteiger partial charge in [0.25, 0.3) is 0 Å². The molecule has 0 aromatic carbocycles. The van der Waals surface area contributed by atoms with Crippen LogP contribution >= 0.6 is 0 Å². The highest BCUT2D eigenvalue weighted by molar-refractivity contribution is 5.70. The summed E-state index contributed by atoms with van der Waals surface area (Å²) in [6, 6.07) is 4.25. The van der Waals surface area contributed by atoms with Crippen molar-refractivity contribution in [1.82, 2.24) is 4.98 Å². The lowest BCUT2D eigenvalue weighted by atomic mass is 9.85. The molecule has 0 spiro atoms. The first-order valence-electron chi connectivity index (χ1n) is 7.93. The van der Waals surface area contributed by atoms with Gasteiger partial charge >= 0.3 is 5.97 Å². The molecule has 2 N–H and O–H groups in total. The second kappa shape index (κ2) is 6.33. The van der Waals surface area contributed by atoms with Crippen LogP contribution < -0.4 is 10.2 Å². The Morgan fingerprint density at radius 3 is 2.86 bits per heavy atom. The number of aromatic nitrogens is 1. The van der Waals surface area contributed by atoms with Crippen LogP contribution in [-0.2, 0) is 4.79 Å². The molecule has 1 aliphatic heterocycles. The third-order valence-corrected chi connectivity index (χ3v) is 4.58. The van der Waals surface area contributed by atoms with Crippen molar-refractivity contribution in [3.05, 3.63) is 18.3 Å². The van der Waals surface area contributed by atoms with Crippen molar-refractivity contribution in [3.63, 3.8) is 0 Å². The number of anilines is 2. The van der Waals surface area contributed by atoms with Crippen molar-refractivity contribution in [2.75, 3.05) is 23.3 Å². The molecule has 1 aromatic heterocycles. The van der Waals surface area contributed by atoms with E-state index in [1.807, 2.05) is 12.3 Å². The second-order valence-electron chi connectivity index (χ2n) is 6.11. The highest BCUT2D eigenvalue weighted by Gasteiger charge is 2.27. The van der Waals surface area contributed by atoms with Crippen molar-refractivity contribution in [2.24, 2.45) is 5.92 Å². The predicted molar refractivity (Wildman–Crippen MR) is 82.7 cm³/mol. The summed E-state index contributed by atoms with van der Waals surface area (Å²) in [5.74, 6) is 0.156. The number of hydrogen-bond acceptors (Lipinski definition) is 4. The largest absolute Gasteiger partial charge is 0.481 e. The summed E-state index contributed by atoms with van der Waals surface area (Å²) in [6.07, 6.45) is 7.82. The first-order chi connectivity index (χ1) is 10.2. The molecular formula is C16H23N3O2. The van der Waals surface area contributed by atoms with E-state index in [0.717, 1.165) is 43.9 Å². The van der Waals surface area contributed by atoms with E-state index in [-0.39, 0.29) is 12.0 Å². The molecule has 0 bridgehead atoms. The van der Waals surface area contributed by atoms with Crippen molar-refractivity contribution < 1.29 is 9.90 Å². The van der Waals surface area contributed by atoms with Gasteiger partial charge in [-0.1, -0.05) is 6.42 Å². The molecule has 21 heavy (non-hydrogen) atoms. The third-order valence-electron chi connectivity index (χ3n) is 4.58. The van der Waals surface area contributed by atoms with Gasteiger partial charge in [-0.2, -0.15) is 0 Å². The molecule has 2 aliphatic rings. The zero-order valence-corrected chi connectivity index (χ0v) is 12.3. The van der Waals surface area contributed by atoms with Gasteiger partial charge in [-0.25, -0.2) is 4.98 Å². The predicted octanol–water partition coefficient (Wildman–Crippen LogP) is 2.74. The second-order valence-corrected chi connectivity index (χ2v) is 6.11. The van der Waals surface area contributed by atoms with E-state index < -0.39 is 5.97 Å². The number of hydrogen-bond donors (Lipinski definition) is 2. The first kappa shape index (κ1) is 14.2. The zero-order valence-electron chi connectivity index (χ0n) is 12.3. The first-order valence-corrected chi connectivity index (χ1v) is 7.93. The van der Waals surface area contributed by atoms with Gasteiger partial charge in [-0.3, -0.25) is 4.79 Å².